The van der Waals surface area contributed by atoms with Crippen molar-refractivity contribution < 1.29 is 19.4 Å². The fourth-order valence-corrected chi connectivity index (χ4v) is 4.23. The lowest BCUT2D eigenvalue weighted by Crippen LogP contribution is -2.45. The Morgan fingerprint density at radius 2 is 1.87 bits per heavy atom. The van der Waals surface area contributed by atoms with Gasteiger partial charge in [0.1, 0.15) is 6.10 Å². The minimum Gasteiger partial charge on any atom is -0.481 e. The van der Waals surface area contributed by atoms with Crippen molar-refractivity contribution in [2.45, 2.75) is 65.9 Å². The number of rotatable bonds is 4. The van der Waals surface area contributed by atoms with Crippen LogP contribution in [0.25, 0.3) is 0 Å². The van der Waals surface area contributed by atoms with E-state index in [1.165, 1.54) is 0 Å². The van der Waals surface area contributed by atoms with E-state index in [1.54, 1.807) is 6.92 Å². The van der Waals surface area contributed by atoms with Crippen LogP contribution in [0.4, 0.5) is 0 Å². The molecule has 2 aliphatic rings. The zero-order valence-corrected chi connectivity index (χ0v) is 14.8. The minimum atomic E-state index is -0.720. The number of esters is 1. The number of fused-ring (bicyclic) bond motifs is 1. The monoisotopic (exact) mass is 322 g/mol. The van der Waals surface area contributed by atoms with Gasteiger partial charge in [0.2, 0.25) is 0 Å². The summed E-state index contributed by atoms with van der Waals surface area (Å²) in [5.41, 5.74) is 1.17. The van der Waals surface area contributed by atoms with Crippen molar-refractivity contribution in [3.05, 3.63) is 12.2 Å². The summed E-state index contributed by atoms with van der Waals surface area (Å²) in [5, 5.41) is 9.30. The lowest BCUT2D eigenvalue weighted by atomic mass is 9.55. The first-order valence-electron chi connectivity index (χ1n) is 8.77. The van der Waals surface area contributed by atoms with E-state index >= 15 is 0 Å². The fourth-order valence-electron chi connectivity index (χ4n) is 4.23. The molecule has 0 heterocycles. The van der Waals surface area contributed by atoms with Crippen molar-refractivity contribution in [1.82, 2.24) is 0 Å². The third kappa shape index (κ3) is 3.61. The normalized spacial score (nSPS) is 35.5. The molecule has 0 unspecified atom stereocenters. The van der Waals surface area contributed by atoms with E-state index in [1.807, 2.05) is 13.8 Å². The molecule has 130 valence electrons. The van der Waals surface area contributed by atoms with Crippen LogP contribution in [0.2, 0.25) is 0 Å². The molecule has 0 aromatic rings. The van der Waals surface area contributed by atoms with E-state index in [0.717, 1.165) is 37.7 Å². The van der Waals surface area contributed by atoms with Gasteiger partial charge in [-0.15, -0.1) is 0 Å². The number of hydrogen-bond acceptors (Lipinski definition) is 3. The van der Waals surface area contributed by atoms with E-state index in [-0.39, 0.29) is 41.2 Å². The van der Waals surface area contributed by atoms with E-state index in [4.69, 9.17) is 4.74 Å². The van der Waals surface area contributed by atoms with E-state index < -0.39 is 5.97 Å². The quantitative estimate of drug-likeness (QED) is 0.626. The molecule has 4 nitrogen and oxygen atoms in total. The first kappa shape index (κ1) is 18.0. The largest absolute Gasteiger partial charge is 0.481 e. The predicted octanol–water partition coefficient (Wildman–Crippen LogP) is 4.05. The van der Waals surface area contributed by atoms with Gasteiger partial charge in [0.25, 0.3) is 0 Å². The first-order valence-corrected chi connectivity index (χ1v) is 8.77. The average molecular weight is 322 g/mol. The maximum absolute atomic E-state index is 11.9. The molecular weight excluding hydrogens is 292 g/mol. The number of hydrogen-bond donors (Lipinski definition) is 1. The van der Waals surface area contributed by atoms with E-state index in [0.29, 0.717) is 0 Å². The molecule has 0 amide bonds. The standard InChI is InChI=1S/C19H30O4/c1-11(2)18(22)23-16-7-9-19(5)8-6-14(12(3)17(20)21)10-15(19)13(16)4/h11-12,14-16H,4,6-10H2,1-3,5H3,(H,20,21)/t12-,14-,15-,16+,19+/m1/s1. The average Bonchev–Trinajstić information content (AvgIpc) is 2.49. The van der Waals surface area contributed by atoms with Gasteiger partial charge in [0.15, 0.2) is 0 Å². The number of carboxylic acid groups (broad SMARTS) is 1. The molecule has 2 fully saturated rings. The molecule has 23 heavy (non-hydrogen) atoms. The van der Waals surface area contributed by atoms with Gasteiger partial charge in [0.05, 0.1) is 11.8 Å². The van der Waals surface area contributed by atoms with Crippen LogP contribution in [0, 0.1) is 29.1 Å². The summed E-state index contributed by atoms with van der Waals surface area (Å²) in [7, 11) is 0. The Kier molecular flexibility index (Phi) is 5.22. The van der Waals surface area contributed by atoms with Crippen molar-refractivity contribution in [2.75, 3.05) is 0 Å². The summed E-state index contributed by atoms with van der Waals surface area (Å²) in [6.45, 7) is 12.0. The van der Waals surface area contributed by atoms with Crippen molar-refractivity contribution in [3.63, 3.8) is 0 Å². The van der Waals surface area contributed by atoms with Gasteiger partial charge in [-0.3, -0.25) is 9.59 Å². The van der Waals surface area contributed by atoms with Gasteiger partial charge in [-0.25, -0.2) is 0 Å². The van der Waals surface area contributed by atoms with Crippen LogP contribution in [-0.2, 0) is 14.3 Å². The molecule has 0 aromatic heterocycles. The molecule has 0 aromatic carbocycles. The summed E-state index contributed by atoms with van der Waals surface area (Å²) in [4.78, 5) is 23.2. The van der Waals surface area contributed by atoms with Crippen LogP contribution in [0.1, 0.15) is 59.8 Å². The zero-order valence-electron chi connectivity index (χ0n) is 14.8. The summed E-state index contributed by atoms with van der Waals surface area (Å²) in [6, 6.07) is 0. The Morgan fingerprint density at radius 3 is 2.43 bits per heavy atom. The van der Waals surface area contributed by atoms with Gasteiger partial charge in [0, 0.05) is 0 Å². The van der Waals surface area contributed by atoms with Crippen molar-refractivity contribution in [2.24, 2.45) is 29.1 Å². The maximum atomic E-state index is 11.9. The highest BCUT2D eigenvalue weighted by Crippen LogP contribution is 2.55. The Hall–Kier alpha value is -1.32. The van der Waals surface area contributed by atoms with Crippen LogP contribution in [0.3, 0.4) is 0 Å². The van der Waals surface area contributed by atoms with E-state index in [9.17, 15) is 14.7 Å². The molecule has 2 aliphatic carbocycles. The van der Waals surface area contributed by atoms with Crippen LogP contribution in [-0.4, -0.2) is 23.1 Å². The van der Waals surface area contributed by atoms with E-state index in [2.05, 4.69) is 13.5 Å². The highest BCUT2D eigenvalue weighted by molar-refractivity contribution is 5.72. The Balaban J connectivity index is 2.11. The Morgan fingerprint density at radius 1 is 1.26 bits per heavy atom. The summed E-state index contributed by atoms with van der Waals surface area (Å²) < 4.78 is 5.65. The second-order valence-corrected chi connectivity index (χ2v) is 8.06. The lowest BCUT2D eigenvalue weighted by Gasteiger charge is -2.51. The number of ether oxygens (including phenoxy) is 1. The number of carboxylic acids is 1. The fraction of sp³-hybridized carbons (Fsp3) is 0.789. The molecule has 0 spiro atoms. The van der Waals surface area contributed by atoms with Gasteiger partial charge >= 0.3 is 11.9 Å². The molecule has 1 N–H and O–H groups in total. The molecular formula is C19H30O4. The molecule has 2 saturated carbocycles. The third-order valence-corrected chi connectivity index (χ3v) is 6.13. The number of carbonyl (C=O) groups is 2. The van der Waals surface area contributed by atoms with Crippen LogP contribution in [0.5, 0.6) is 0 Å². The molecule has 0 aliphatic heterocycles. The minimum absolute atomic E-state index is 0.137. The van der Waals surface area contributed by atoms with Crippen molar-refractivity contribution in [3.8, 4) is 0 Å². The molecule has 2 rings (SSSR count). The van der Waals surface area contributed by atoms with Crippen molar-refractivity contribution >= 4 is 11.9 Å². The topological polar surface area (TPSA) is 63.6 Å². The molecule has 0 radical (unpaired) electrons. The smallest absolute Gasteiger partial charge is 0.308 e. The predicted molar refractivity (Wildman–Crippen MR) is 88.8 cm³/mol. The molecule has 0 saturated heterocycles. The third-order valence-electron chi connectivity index (χ3n) is 6.13. The van der Waals surface area contributed by atoms with Crippen LogP contribution < -0.4 is 0 Å². The highest BCUT2D eigenvalue weighted by atomic mass is 16.5. The van der Waals surface area contributed by atoms with Crippen LogP contribution >= 0.6 is 0 Å². The summed E-state index contributed by atoms with van der Waals surface area (Å²) >= 11 is 0. The molecule has 5 atom stereocenters. The second-order valence-electron chi connectivity index (χ2n) is 8.06. The van der Waals surface area contributed by atoms with Gasteiger partial charge < -0.3 is 9.84 Å². The number of carbonyl (C=O) groups excluding carboxylic acids is 1. The highest BCUT2D eigenvalue weighted by Gasteiger charge is 2.48. The van der Waals surface area contributed by atoms with Crippen LogP contribution in [0.15, 0.2) is 12.2 Å². The van der Waals surface area contributed by atoms with Gasteiger partial charge in [-0.05, 0) is 54.9 Å². The summed E-state index contributed by atoms with van der Waals surface area (Å²) in [6.07, 6.45) is 4.48. The first-order chi connectivity index (χ1) is 10.7. The summed E-state index contributed by atoms with van der Waals surface area (Å²) in [5.74, 6) is -0.925. The zero-order chi connectivity index (χ0) is 17.4. The second kappa shape index (κ2) is 6.66. The lowest BCUT2D eigenvalue weighted by molar-refractivity contribution is -0.154. The maximum Gasteiger partial charge on any atom is 0.308 e. The SMILES string of the molecule is C=C1[C@@H](OC(=O)C(C)C)CC[C@]2(C)CC[C@@H]([C@@H](C)C(=O)O)C[C@H]12. The molecule has 0 bridgehead atoms. The Bertz CT molecular complexity index is 496. The molecule has 4 heteroatoms. The Labute approximate surface area is 139 Å². The van der Waals surface area contributed by atoms with Crippen molar-refractivity contribution in [1.29, 1.82) is 0 Å². The van der Waals surface area contributed by atoms with Gasteiger partial charge in [-0.2, -0.15) is 0 Å². The number of aliphatic carboxylic acids is 1. The van der Waals surface area contributed by atoms with Gasteiger partial charge in [-0.1, -0.05) is 34.3 Å².